The zero-order valence-corrected chi connectivity index (χ0v) is 9.39. The predicted octanol–water partition coefficient (Wildman–Crippen LogP) is -0.426. The minimum absolute atomic E-state index is 0.0371. The molecule has 1 N–H and O–H groups in total. The molecule has 84 valence electrons. The number of sulfone groups is 1. The van der Waals surface area contributed by atoms with Gasteiger partial charge in [-0.15, -0.1) is 0 Å². The van der Waals surface area contributed by atoms with Crippen LogP contribution in [0.15, 0.2) is 0 Å². The van der Waals surface area contributed by atoms with Crippen LogP contribution < -0.4 is 5.32 Å². The Morgan fingerprint density at radius 3 is 2.57 bits per heavy atom. The van der Waals surface area contributed by atoms with Gasteiger partial charge in [0.25, 0.3) is 0 Å². The second-order valence-electron chi connectivity index (χ2n) is 2.97. The summed E-state index contributed by atoms with van der Waals surface area (Å²) in [5.41, 5.74) is 0. The lowest BCUT2D eigenvalue weighted by Crippen LogP contribution is -2.29. The average Bonchev–Trinajstić information content (AvgIpc) is 2.07. The van der Waals surface area contributed by atoms with Gasteiger partial charge in [0.1, 0.15) is 16.4 Å². The first-order valence-electron chi connectivity index (χ1n) is 4.48. The van der Waals surface area contributed by atoms with E-state index >= 15 is 0 Å². The molecule has 0 aliphatic rings. The molecule has 0 aliphatic carbocycles. The fourth-order valence-electron chi connectivity index (χ4n) is 0.808. The lowest BCUT2D eigenvalue weighted by molar-refractivity contribution is -0.125. The highest BCUT2D eigenvalue weighted by molar-refractivity contribution is 7.90. The number of nitrogens with one attached hydrogen (secondary N) is 1. The van der Waals surface area contributed by atoms with Crippen LogP contribution in [0.1, 0.15) is 13.3 Å². The summed E-state index contributed by atoms with van der Waals surface area (Å²) < 4.78 is 26.3. The first kappa shape index (κ1) is 13.4. The van der Waals surface area contributed by atoms with E-state index in [1.807, 2.05) is 0 Å². The minimum Gasteiger partial charge on any atom is -0.372 e. The molecular formula is C8H17NO4S. The van der Waals surface area contributed by atoms with Crippen LogP contribution in [0.25, 0.3) is 0 Å². The van der Waals surface area contributed by atoms with Crippen molar-refractivity contribution in [3.63, 3.8) is 0 Å². The van der Waals surface area contributed by atoms with Gasteiger partial charge in [-0.1, -0.05) is 0 Å². The number of carbonyl (C=O) groups is 1. The zero-order valence-electron chi connectivity index (χ0n) is 8.58. The first-order chi connectivity index (χ1) is 6.45. The van der Waals surface area contributed by atoms with Gasteiger partial charge in [-0.25, -0.2) is 8.42 Å². The Morgan fingerprint density at radius 2 is 2.07 bits per heavy atom. The smallest absolute Gasteiger partial charge is 0.245 e. The molecule has 1 amide bonds. The molecular weight excluding hydrogens is 206 g/mol. The summed E-state index contributed by atoms with van der Waals surface area (Å²) in [6, 6.07) is 0. The maximum Gasteiger partial charge on any atom is 0.245 e. The maximum absolute atomic E-state index is 10.9. The van der Waals surface area contributed by atoms with Crippen molar-refractivity contribution in [1.29, 1.82) is 0 Å². The molecule has 0 aromatic carbocycles. The van der Waals surface area contributed by atoms with Crippen molar-refractivity contribution in [2.45, 2.75) is 13.3 Å². The lowest BCUT2D eigenvalue weighted by atomic mass is 10.4. The molecule has 0 saturated carbocycles. The van der Waals surface area contributed by atoms with Crippen molar-refractivity contribution in [3.05, 3.63) is 0 Å². The summed E-state index contributed by atoms with van der Waals surface area (Å²) in [6.45, 7) is 2.71. The van der Waals surface area contributed by atoms with Crippen molar-refractivity contribution >= 4 is 15.7 Å². The Bertz CT molecular complexity index is 261. The predicted molar refractivity (Wildman–Crippen MR) is 53.8 cm³/mol. The Kier molecular flexibility index (Phi) is 6.48. The van der Waals surface area contributed by atoms with Gasteiger partial charge in [-0.3, -0.25) is 4.79 Å². The van der Waals surface area contributed by atoms with Crippen LogP contribution in [-0.2, 0) is 19.4 Å². The Hall–Kier alpha value is -0.620. The molecule has 0 aromatic rings. The zero-order chi connectivity index (χ0) is 11.0. The summed E-state index contributed by atoms with van der Waals surface area (Å²) in [5, 5.41) is 2.56. The largest absolute Gasteiger partial charge is 0.372 e. The van der Waals surface area contributed by atoms with Gasteiger partial charge < -0.3 is 10.1 Å². The molecule has 0 heterocycles. The van der Waals surface area contributed by atoms with Gasteiger partial charge in [-0.2, -0.15) is 0 Å². The third kappa shape index (κ3) is 9.47. The second-order valence-corrected chi connectivity index (χ2v) is 5.23. The highest BCUT2D eigenvalue weighted by Gasteiger charge is 2.03. The van der Waals surface area contributed by atoms with E-state index in [1.165, 1.54) is 6.26 Å². The summed E-state index contributed by atoms with van der Waals surface area (Å²) >= 11 is 0. The maximum atomic E-state index is 10.9. The Morgan fingerprint density at radius 1 is 1.43 bits per heavy atom. The summed E-state index contributed by atoms with van der Waals surface area (Å²) in [5.74, 6) is -0.109. The van der Waals surface area contributed by atoms with Crippen molar-refractivity contribution < 1.29 is 17.9 Å². The first-order valence-corrected chi connectivity index (χ1v) is 6.54. The molecule has 0 atom stereocenters. The summed E-state index contributed by atoms with van der Waals surface area (Å²) in [6.07, 6.45) is 1.62. The molecule has 0 aromatic heterocycles. The fraction of sp³-hybridized carbons (Fsp3) is 0.875. The molecule has 0 fully saturated rings. The number of rotatable bonds is 7. The van der Waals surface area contributed by atoms with E-state index in [9.17, 15) is 13.2 Å². The number of hydrogen-bond donors (Lipinski definition) is 1. The fourth-order valence-corrected chi connectivity index (χ4v) is 1.48. The van der Waals surface area contributed by atoms with Crippen LogP contribution in [0.5, 0.6) is 0 Å². The number of ether oxygens (including phenoxy) is 1. The highest BCUT2D eigenvalue weighted by Crippen LogP contribution is 1.86. The van der Waals surface area contributed by atoms with Crippen LogP contribution in [0.4, 0.5) is 0 Å². The monoisotopic (exact) mass is 223 g/mol. The normalized spacial score (nSPS) is 11.3. The lowest BCUT2D eigenvalue weighted by Gasteiger charge is -2.04. The van der Waals surface area contributed by atoms with Crippen LogP contribution in [0.2, 0.25) is 0 Å². The van der Waals surface area contributed by atoms with E-state index in [2.05, 4.69) is 5.32 Å². The molecule has 0 radical (unpaired) electrons. The van der Waals surface area contributed by atoms with Crippen molar-refractivity contribution in [2.75, 3.05) is 31.8 Å². The summed E-state index contributed by atoms with van der Waals surface area (Å²) in [7, 11) is -2.92. The van der Waals surface area contributed by atoms with Crippen LogP contribution >= 0.6 is 0 Å². The molecule has 5 nitrogen and oxygen atoms in total. The Labute approximate surface area is 84.7 Å². The topological polar surface area (TPSA) is 72.5 Å². The van der Waals surface area contributed by atoms with Crippen molar-refractivity contribution in [3.8, 4) is 0 Å². The minimum atomic E-state index is -2.92. The van der Waals surface area contributed by atoms with Gasteiger partial charge in [0.2, 0.25) is 5.91 Å². The van der Waals surface area contributed by atoms with Crippen molar-refractivity contribution in [1.82, 2.24) is 5.32 Å². The number of amides is 1. The van der Waals surface area contributed by atoms with Crippen molar-refractivity contribution in [2.24, 2.45) is 0 Å². The standard InChI is InChI=1S/C8H17NO4S/c1-3-13-7-8(10)9-5-4-6-14(2,11)12/h3-7H2,1-2H3,(H,9,10). The molecule has 0 spiro atoms. The van der Waals surface area contributed by atoms with Crippen LogP contribution in [0.3, 0.4) is 0 Å². The van der Waals surface area contributed by atoms with E-state index in [0.29, 0.717) is 19.6 Å². The third-order valence-electron chi connectivity index (χ3n) is 1.45. The van der Waals surface area contributed by atoms with E-state index in [4.69, 9.17) is 4.74 Å². The van der Waals surface area contributed by atoms with Gasteiger partial charge in [0.15, 0.2) is 0 Å². The van der Waals surface area contributed by atoms with E-state index < -0.39 is 9.84 Å². The van der Waals surface area contributed by atoms with Crippen LogP contribution in [0, 0.1) is 0 Å². The van der Waals surface area contributed by atoms with Gasteiger partial charge in [0.05, 0.1) is 5.75 Å². The molecule has 0 aliphatic heterocycles. The molecule has 0 rings (SSSR count). The highest BCUT2D eigenvalue weighted by atomic mass is 32.2. The number of carbonyl (C=O) groups excluding carboxylic acids is 1. The Balaban J connectivity index is 3.41. The molecule has 0 unspecified atom stereocenters. The third-order valence-corrected chi connectivity index (χ3v) is 2.48. The second kappa shape index (κ2) is 6.78. The summed E-state index contributed by atoms with van der Waals surface area (Å²) in [4.78, 5) is 10.9. The molecule has 0 bridgehead atoms. The average molecular weight is 223 g/mol. The van der Waals surface area contributed by atoms with E-state index in [0.717, 1.165) is 0 Å². The molecule has 6 heteroatoms. The van der Waals surface area contributed by atoms with Gasteiger partial charge >= 0.3 is 0 Å². The molecule has 14 heavy (non-hydrogen) atoms. The molecule has 0 saturated heterocycles. The number of hydrogen-bond acceptors (Lipinski definition) is 4. The van der Waals surface area contributed by atoms with Crippen LogP contribution in [-0.4, -0.2) is 46.1 Å². The quantitative estimate of drug-likeness (QED) is 0.595. The van der Waals surface area contributed by atoms with Gasteiger partial charge in [0, 0.05) is 19.4 Å². The van der Waals surface area contributed by atoms with E-state index in [-0.39, 0.29) is 18.3 Å². The van der Waals surface area contributed by atoms with E-state index in [1.54, 1.807) is 6.92 Å². The SMILES string of the molecule is CCOCC(=O)NCCCS(C)(=O)=O. The van der Waals surface area contributed by atoms with Gasteiger partial charge in [-0.05, 0) is 13.3 Å².